The molecule has 1 heterocycles. The summed E-state index contributed by atoms with van der Waals surface area (Å²) in [4.78, 5) is 2.54. The molecule has 0 unspecified atom stereocenters. The molecule has 0 spiro atoms. The predicted molar refractivity (Wildman–Crippen MR) is 79.5 cm³/mol. The number of methoxy groups -OCH3 is 1. The van der Waals surface area contributed by atoms with Crippen molar-refractivity contribution < 1.29 is 4.74 Å². The fraction of sp³-hybridized carbons (Fsp3) is 0.571. The number of rotatable bonds is 6. The minimum Gasteiger partial charge on any atom is -0.497 e. The molecule has 0 bridgehead atoms. The highest BCUT2D eigenvalue weighted by Crippen LogP contribution is 2.26. The molecule has 1 N–H and O–H groups in total. The monoisotopic (exact) mass is 312 g/mol. The van der Waals surface area contributed by atoms with Gasteiger partial charge >= 0.3 is 0 Å². The third kappa shape index (κ3) is 3.89. The first-order valence-electron chi connectivity index (χ1n) is 6.59. The smallest absolute Gasteiger partial charge is 0.121 e. The second-order valence-corrected chi connectivity index (χ2v) is 5.53. The Kier molecular flexibility index (Phi) is 5.32. The van der Waals surface area contributed by atoms with Crippen molar-refractivity contribution in [2.75, 3.05) is 38.6 Å². The molecule has 0 aliphatic carbocycles. The second kappa shape index (κ2) is 7.00. The Labute approximate surface area is 118 Å². The Balaban J connectivity index is 1.75. The van der Waals surface area contributed by atoms with Crippen LogP contribution in [-0.4, -0.2) is 38.2 Å². The van der Waals surface area contributed by atoms with Gasteiger partial charge in [0, 0.05) is 17.1 Å². The Bertz CT molecular complexity index is 378. The van der Waals surface area contributed by atoms with Gasteiger partial charge in [0.2, 0.25) is 0 Å². The van der Waals surface area contributed by atoms with Gasteiger partial charge in [-0.05, 0) is 67.0 Å². The Morgan fingerprint density at radius 3 is 2.83 bits per heavy atom. The molecule has 0 aromatic heterocycles. The van der Waals surface area contributed by atoms with E-state index in [9.17, 15) is 0 Å². The van der Waals surface area contributed by atoms with Crippen molar-refractivity contribution in [1.29, 1.82) is 0 Å². The first-order chi connectivity index (χ1) is 8.79. The largest absolute Gasteiger partial charge is 0.497 e. The molecule has 100 valence electrons. The van der Waals surface area contributed by atoms with Crippen molar-refractivity contribution in [2.24, 2.45) is 0 Å². The van der Waals surface area contributed by atoms with Gasteiger partial charge in [-0.3, -0.25) is 0 Å². The lowest BCUT2D eigenvalue weighted by atomic mass is 10.3. The minimum absolute atomic E-state index is 0.889. The van der Waals surface area contributed by atoms with Gasteiger partial charge in [-0.25, -0.2) is 0 Å². The second-order valence-electron chi connectivity index (χ2n) is 4.67. The number of ether oxygens (including phenoxy) is 1. The fourth-order valence-electron chi connectivity index (χ4n) is 2.30. The summed E-state index contributed by atoms with van der Waals surface area (Å²) in [6.07, 6.45) is 3.92. The number of hydrogen-bond acceptors (Lipinski definition) is 3. The zero-order chi connectivity index (χ0) is 12.8. The standard InChI is InChI=1S/C14H21BrN2O/c1-18-12-5-6-13(15)14(11-12)16-7-4-10-17-8-2-3-9-17/h5-6,11,16H,2-4,7-10H2,1H3. The quantitative estimate of drug-likeness (QED) is 0.815. The molecule has 1 aliphatic rings. The summed E-state index contributed by atoms with van der Waals surface area (Å²) in [5.74, 6) is 0.889. The lowest BCUT2D eigenvalue weighted by Crippen LogP contribution is -2.22. The van der Waals surface area contributed by atoms with Crippen LogP contribution >= 0.6 is 15.9 Å². The van der Waals surface area contributed by atoms with Gasteiger partial charge < -0.3 is 15.0 Å². The van der Waals surface area contributed by atoms with E-state index in [0.717, 1.165) is 22.5 Å². The van der Waals surface area contributed by atoms with Crippen LogP contribution in [0.15, 0.2) is 22.7 Å². The number of hydrogen-bond donors (Lipinski definition) is 1. The number of halogens is 1. The van der Waals surface area contributed by atoms with Gasteiger partial charge in [0.15, 0.2) is 0 Å². The number of benzene rings is 1. The Hall–Kier alpha value is -0.740. The van der Waals surface area contributed by atoms with Crippen LogP contribution in [0.3, 0.4) is 0 Å². The molecular weight excluding hydrogens is 292 g/mol. The van der Waals surface area contributed by atoms with Crippen molar-refractivity contribution >= 4 is 21.6 Å². The van der Waals surface area contributed by atoms with Crippen LogP contribution in [0.2, 0.25) is 0 Å². The molecule has 0 amide bonds. The molecule has 1 fully saturated rings. The van der Waals surface area contributed by atoms with Crippen molar-refractivity contribution in [2.45, 2.75) is 19.3 Å². The highest BCUT2D eigenvalue weighted by molar-refractivity contribution is 9.10. The minimum atomic E-state index is 0.889. The molecular formula is C14H21BrN2O. The van der Waals surface area contributed by atoms with Crippen molar-refractivity contribution in [3.8, 4) is 5.75 Å². The first kappa shape index (κ1) is 13.7. The summed E-state index contributed by atoms with van der Waals surface area (Å²) < 4.78 is 6.32. The lowest BCUT2D eigenvalue weighted by molar-refractivity contribution is 0.337. The number of anilines is 1. The third-order valence-corrected chi connectivity index (χ3v) is 4.03. The highest BCUT2D eigenvalue weighted by Gasteiger charge is 2.10. The molecule has 1 aromatic carbocycles. The first-order valence-corrected chi connectivity index (χ1v) is 7.38. The van der Waals surface area contributed by atoms with E-state index in [-0.39, 0.29) is 0 Å². The van der Waals surface area contributed by atoms with E-state index < -0.39 is 0 Å². The summed E-state index contributed by atoms with van der Waals surface area (Å²) in [6, 6.07) is 6.00. The molecule has 4 heteroatoms. The topological polar surface area (TPSA) is 24.5 Å². The molecule has 0 saturated carbocycles. The Morgan fingerprint density at radius 1 is 1.33 bits per heavy atom. The van der Waals surface area contributed by atoms with Crippen LogP contribution in [0.4, 0.5) is 5.69 Å². The normalized spacial score (nSPS) is 15.9. The van der Waals surface area contributed by atoms with Crippen molar-refractivity contribution in [1.82, 2.24) is 4.90 Å². The van der Waals surface area contributed by atoms with E-state index in [1.165, 1.54) is 38.9 Å². The summed E-state index contributed by atoms with van der Waals surface area (Å²) in [6.45, 7) is 4.77. The predicted octanol–water partition coefficient (Wildman–Crippen LogP) is 3.36. The number of nitrogens with zero attached hydrogens (tertiary/aromatic N) is 1. The molecule has 1 aliphatic heterocycles. The van der Waals surface area contributed by atoms with E-state index in [0.29, 0.717) is 0 Å². The molecule has 3 nitrogen and oxygen atoms in total. The van der Waals surface area contributed by atoms with Gasteiger partial charge in [0.25, 0.3) is 0 Å². The van der Waals surface area contributed by atoms with Crippen LogP contribution in [0.1, 0.15) is 19.3 Å². The highest BCUT2D eigenvalue weighted by atomic mass is 79.9. The number of likely N-dealkylation sites (tertiary alicyclic amines) is 1. The van der Waals surface area contributed by atoms with E-state index in [2.05, 4.69) is 26.1 Å². The van der Waals surface area contributed by atoms with E-state index >= 15 is 0 Å². The van der Waals surface area contributed by atoms with Gasteiger partial charge in [-0.1, -0.05) is 0 Å². The lowest BCUT2D eigenvalue weighted by Gasteiger charge is -2.15. The van der Waals surface area contributed by atoms with Gasteiger partial charge in [0.1, 0.15) is 5.75 Å². The molecule has 1 aromatic rings. The average Bonchev–Trinajstić information content (AvgIpc) is 2.89. The maximum Gasteiger partial charge on any atom is 0.121 e. The van der Waals surface area contributed by atoms with Crippen LogP contribution in [0.5, 0.6) is 5.75 Å². The van der Waals surface area contributed by atoms with Crippen LogP contribution in [-0.2, 0) is 0 Å². The molecule has 0 radical (unpaired) electrons. The summed E-state index contributed by atoms with van der Waals surface area (Å²) in [7, 11) is 1.69. The SMILES string of the molecule is COc1ccc(Br)c(NCCCN2CCCC2)c1. The van der Waals surface area contributed by atoms with Crippen molar-refractivity contribution in [3.63, 3.8) is 0 Å². The van der Waals surface area contributed by atoms with Crippen LogP contribution < -0.4 is 10.1 Å². The van der Waals surface area contributed by atoms with Crippen LogP contribution in [0, 0.1) is 0 Å². The van der Waals surface area contributed by atoms with Crippen LogP contribution in [0.25, 0.3) is 0 Å². The van der Waals surface area contributed by atoms with E-state index in [4.69, 9.17) is 4.74 Å². The zero-order valence-corrected chi connectivity index (χ0v) is 12.5. The third-order valence-electron chi connectivity index (χ3n) is 3.34. The Morgan fingerprint density at radius 2 is 2.11 bits per heavy atom. The van der Waals surface area contributed by atoms with E-state index in [1.807, 2.05) is 18.2 Å². The molecule has 18 heavy (non-hydrogen) atoms. The maximum atomic E-state index is 5.23. The van der Waals surface area contributed by atoms with Gasteiger partial charge in [-0.2, -0.15) is 0 Å². The molecule has 0 atom stereocenters. The van der Waals surface area contributed by atoms with Crippen molar-refractivity contribution in [3.05, 3.63) is 22.7 Å². The molecule has 2 rings (SSSR count). The zero-order valence-electron chi connectivity index (χ0n) is 10.9. The maximum absolute atomic E-state index is 5.23. The summed E-state index contributed by atoms with van der Waals surface area (Å²) >= 11 is 3.55. The average molecular weight is 313 g/mol. The summed E-state index contributed by atoms with van der Waals surface area (Å²) in [5.41, 5.74) is 1.11. The fourth-order valence-corrected chi connectivity index (χ4v) is 2.69. The summed E-state index contributed by atoms with van der Waals surface area (Å²) in [5, 5.41) is 3.46. The molecule has 1 saturated heterocycles. The van der Waals surface area contributed by atoms with Gasteiger partial charge in [-0.15, -0.1) is 0 Å². The number of nitrogens with one attached hydrogen (secondary N) is 1. The van der Waals surface area contributed by atoms with Gasteiger partial charge in [0.05, 0.1) is 12.8 Å². The van der Waals surface area contributed by atoms with E-state index in [1.54, 1.807) is 7.11 Å².